The van der Waals surface area contributed by atoms with Crippen molar-refractivity contribution in [2.75, 3.05) is 10.5 Å². The van der Waals surface area contributed by atoms with E-state index >= 15 is 0 Å². The van der Waals surface area contributed by atoms with Crippen LogP contribution in [0.15, 0.2) is 66.9 Å². The van der Waals surface area contributed by atoms with E-state index in [1.807, 2.05) is 60.7 Å². The van der Waals surface area contributed by atoms with Crippen LogP contribution in [0.4, 0.5) is 5.69 Å². The number of nitrogens with one attached hydrogen (secondary N) is 1. The van der Waals surface area contributed by atoms with E-state index in [4.69, 9.17) is 0 Å². The molecule has 0 atom stereocenters. The molecule has 0 bridgehead atoms. The van der Waals surface area contributed by atoms with E-state index in [-0.39, 0.29) is 5.75 Å². The van der Waals surface area contributed by atoms with E-state index in [0.29, 0.717) is 12.1 Å². The van der Waals surface area contributed by atoms with Crippen LogP contribution in [0.5, 0.6) is 0 Å². The van der Waals surface area contributed by atoms with Gasteiger partial charge >= 0.3 is 0 Å². The normalized spacial score (nSPS) is 11.4. The van der Waals surface area contributed by atoms with E-state index in [0.717, 1.165) is 16.8 Å². The van der Waals surface area contributed by atoms with Gasteiger partial charge in [-0.1, -0.05) is 60.7 Å². The summed E-state index contributed by atoms with van der Waals surface area (Å²) < 4.78 is 29.2. The van der Waals surface area contributed by atoms with Crippen LogP contribution in [0.1, 0.15) is 5.56 Å². The second-order valence-electron chi connectivity index (χ2n) is 5.55. The molecule has 0 fully saturated rings. The lowest BCUT2D eigenvalue weighted by Gasteiger charge is -2.10. The van der Waals surface area contributed by atoms with Gasteiger partial charge in [-0.25, -0.2) is 8.42 Å². The third-order valence-electron chi connectivity index (χ3n) is 3.75. The maximum atomic E-state index is 12.4. The highest BCUT2D eigenvalue weighted by atomic mass is 32.2. The van der Waals surface area contributed by atoms with Crippen molar-refractivity contribution < 1.29 is 8.42 Å². The molecule has 124 valence electrons. The quantitative estimate of drug-likeness (QED) is 0.749. The average Bonchev–Trinajstić information content (AvgIpc) is 2.94. The molecular weight excluding hydrogens is 322 g/mol. The number of aromatic nitrogens is 2. The maximum Gasteiger partial charge on any atom is 0.233 e. The molecule has 24 heavy (non-hydrogen) atoms. The van der Waals surface area contributed by atoms with Crippen molar-refractivity contribution in [1.82, 2.24) is 9.78 Å². The average molecular weight is 341 g/mol. The molecule has 0 spiro atoms. The van der Waals surface area contributed by atoms with Crippen LogP contribution >= 0.6 is 0 Å². The van der Waals surface area contributed by atoms with Gasteiger partial charge in [0.25, 0.3) is 0 Å². The zero-order valence-electron chi connectivity index (χ0n) is 13.4. The van der Waals surface area contributed by atoms with Crippen LogP contribution in [0.2, 0.25) is 0 Å². The highest BCUT2D eigenvalue weighted by Crippen LogP contribution is 2.27. The molecule has 0 unspecified atom stereocenters. The Morgan fingerprint density at radius 2 is 1.62 bits per heavy atom. The van der Waals surface area contributed by atoms with Crippen LogP contribution in [0, 0.1) is 0 Å². The van der Waals surface area contributed by atoms with Gasteiger partial charge in [0.05, 0.1) is 23.3 Å². The fraction of sp³-hybridized carbons (Fsp3) is 0.167. The summed E-state index contributed by atoms with van der Waals surface area (Å²) in [6.45, 7) is 0. The molecule has 1 aromatic heterocycles. The lowest BCUT2D eigenvalue weighted by Crippen LogP contribution is -2.18. The summed E-state index contributed by atoms with van der Waals surface area (Å²) in [7, 11) is -1.66. The second kappa shape index (κ2) is 6.88. The molecule has 0 saturated carbocycles. The summed E-state index contributed by atoms with van der Waals surface area (Å²) >= 11 is 0. The van der Waals surface area contributed by atoms with Crippen LogP contribution in [-0.2, 0) is 23.5 Å². The molecule has 3 aromatic rings. The smallest absolute Gasteiger partial charge is 0.233 e. The summed E-state index contributed by atoms with van der Waals surface area (Å²) in [4.78, 5) is 0. The van der Waals surface area contributed by atoms with E-state index in [1.165, 1.54) is 0 Å². The highest BCUT2D eigenvalue weighted by molar-refractivity contribution is 7.92. The first-order valence-corrected chi connectivity index (χ1v) is 9.32. The van der Waals surface area contributed by atoms with E-state index in [1.54, 1.807) is 17.9 Å². The van der Waals surface area contributed by atoms with Crippen molar-refractivity contribution in [3.63, 3.8) is 0 Å². The maximum absolute atomic E-state index is 12.4. The summed E-state index contributed by atoms with van der Waals surface area (Å²) in [5.41, 5.74) is 3.16. The van der Waals surface area contributed by atoms with Crippen molar-refractivity contribution in [1.29, 1.82) is 0 Å². The van der Waals surface area contributed by atoms with Gasteiger partial charge in [-0.3, -0.25) is 9.40 Å². The number of anilines is 1. The fourth-order valence-electron chi connectivity index (χ4n) is 2.57. The largest absolute Gasteiger partial charge is 0.280 e. The first-order valence-electron chi connectivity index (χ1n) is 7.67. The minimum atomic E-state index is -3.45. The molecule has 0 radical (unpaired) electrons. The number of nitrogens with zero attached hydrogens (tertiary/aromatic N) is 2. The number of hydrogen-bond donors (Lipinski definition) is 1. The molecule has 0 aliphatic carbocycles. The Bertz CT molecular complexity index is 904. The number of aryl methyl sites for hydroxylation is 2. The summed E-state index contributed by atoms with van der Waals surface area (Å²) in [6, 6.07) is 19.2. The minimum Gasteiger partial charge on any atom is -0.280 e. The SMILES string of the molecule is Cn1ncc(NS(=O)(=O)CCc2ccccc2)c1-c1ccccc1. The zero-order valence-corrected chi connectivity index (χ0v) is 14.2. The van der Waals surface area contributed by atoms with Crippen molar-refractivity contribution in [3.8, 4) is 11.3 Å². The Morgan fingerprint density at radius 3 is 2.29 bits per heavy atom. The fourth-order valence-corrected chi connectivity index (χ4v) is 3.66. The molecule has 0 aliphatic heterocycles. The molecule has 6 heteroatoms. The molecular formula is C18H19N3O2S. The van der Waals surface area contributed by atoms with Crippen LogP contribution in [0.3, 0.4) is 0 Å². The van der Waals surface area contributed by atoms with Crippen molar-refractivity contribution in [2.24, 2.45) is 7.05 Å². The van der Waals surface area contributed by atoms with Gasteiger partial charge in [0.15, 0.2) is 0 Å². The summed E-state index contributed by atoms with van der Waals surface area (Å²) in [5.74, 6) is 0.0279. The van der Waals surface area contributed by atoms with Crippen LogP contribution in [0.25, 0.3) is 11.3 Å². The van der Waals surface area contributed by atoms with E-state index < -0.39 is 10.0 Å². The first kappa shape index (κ1) is 16.3. The van der Waals surface area contributed by atoms with Gasteiger partial charge in [-0.2, -0.15) is 5.10 Å². The molecule has 1 heterocycles. The molecule has 0 amide bonds. The van der Waals surface area contributed by atoms with Crippen molar-refractivity contribution >= 4 is 15.7 Å². The summed E-state index contributed by atoms with van der Waals surface area (Å²) in [6.07, 6.45) is 2.01. The Morgan fingerprint density at radius 1 is 1.00 bits per heavy atom. The van der Waals surface area contributed by atoms with Gasteiger partial charge in [0.2, 0.25) is 10.0 Å². The van der Waals surface area contributed by atoms with Gasteiger partial charge in [-0.05, 0) is 12.0 Å². The van der Waals surface area contributed by atoms with Crippen molar-refractivity contribution in [3.05, 3.63) is 72.4 Å². The summed E-state index contributed by atoms with van der Waals surface area (Å²) in [5, 5.41) is 4.19. The molecule has 1 N–H and O–H groups in total. The van der Waals surface area contributed by atoms with Gasteiger partial charge in [0.1, 0.15) is 0 Å². The molecule has 2 aromatic carbocycles. The third kappa shape index (κ3) is 3.83. The third-order valence-corrected chi connectivity index (χ3v) is 5.03. The number of benzene rings is 2. The molecule has 0 aliphatic rings. The van der Waals surface area contributed by atoms with Crippen LogP contribution in [-0.4, -0.2) is 24.0 Å². The zero-order chi connectivity index (χ0) is 17.0. The predicted octanol–water partition coefficient (Wildman–Crippen LogP) is 3.07. The van der Waals surface area contributed by atoms with Gasteiger partial charge in [-0.15, -0.1) is 0 Å². The van der Waals surface area contributed by atoms with Gasteiger partial charge in [0, 0.05) is 12.6 Å². The second-order valence-corrected chi connectivity index (χ2v) is 7.39. The number of rotatable bonds is 6. The minimum absolute atomic E-state index is 0.0279. The van der Waals surface area contributed by atoms with Crippen molar-refractivity contribution in [2.45, 2.75) is 6.42 Å². The number of sulfonamides is 1. The Hall–Kier alpha value is -2.60. The molecule has 3 rings (SSSR count). The monoisotopic (exact) mass is 341 g/mol. The molecule has 5 nitrogen and oxygen atoms in total. The van der Waals surface area contributed by atoms with E-state index in [9.17, 15) is 8.42 Å². The number of hydrogen-bond acceptors (Lipinski definition) is 3. The van der Waals surface area contributed by atoms with Crippen LogP contribution < -0.4 is 4.72 Å². The Balaban J connectivity index is 1.78. The topological polar surface area (TPSA) is 64.0 Å². The lowest BCUT2D eigenvalue weighted by atomic mass is 10.1. The van der Waals surface area contributed by atoms with Gasteiger partial charge < -0.3 is 0 Å². The first-order chi connectivity index (χ1) is 11.6. The Kier molecular flexibility index (Phi) is 4.66. The lowest BCUT2D eigenvalue weighted by molar-refractivity contribution is 0.600. The molecule has 0 saturated heterocycles. The van der Waals surface area contributed by atoms with E-state index in [2.05, 4.69) is 9.82 Å². The standard InChI is InChI=1S/C18H19N3O2S/c1-21-18(16-10-6-3-7-11-16)17(14-19-21)20-24(22,23)13-12-15-8-4-2-5-9-15/h2-11,14,20H,12-13H2,1H3. The predicted molar refractivity (Wildman–Crippen MR) is 96.2 cm³/mol. The highest BCUT2D eigenvalue weighted by Gasteiger charge is 2.17. The Labute approximate surface area is 142 Å².